The van der Waals surface area contributed by atoms with Gasteiger partial charge in [0.15, 0.2) is 5.17 Å². The maximum Gasteiger partial charge on any atom is 0.264 e. The second kappa shape index (κ2) is 5.85. The Balaban J connectivity index is 1.87. The summed E-state index contributed by atoms with van der Waals surface area (Å²) in [6.07, 6.45) is 3.83. The molecule has 1 N–H and O–H groups in total. The molecule has 0 bridgehead atoms. The van der Waals surface area contributed by atoms with E-state index >= 15 is 0 Å². The van der Waals surface area contributed by atoms with E-state index in [0.29, 0.717) is 10.1 Å². The van der Waals surface area contributed by atoms with E-state index in [0.717, 1.165) is 22.5 Å². The van der Waals surface area contributed by atoms with E-state index < -0.39 is 0 Å². The summed E-state index contributed by atoms with van der Waals surface area (Å²) in [6, 6.07) is 10.0. The average Bonchev–Trinajstić information content (AvgIpc) is 2.96. The molecule has 3 rings (SSSR count). The minimum Gasteiger partial charge on any atom is -0.351 e. The van der Waals surface area contributed by atoms with Crippen LogP contribution in [0.25, 0.3) is 6.08 Å². The lowest BCUT2D eigenvalue weighted by atomic mass is 10.1. The number of nitrogens with one attached hydrogen (secondary N) is 1. The lowest BCUT2D eigenvalue weighted by molar-refractivity contribution is -0.115. The molecular formula is C17H17N3OS. The third-order valence-electron chi connectivity index (χ3n) is 3.35. The topological polar surface area (TPSA) is 46.4 Å². The maximum absolute atomic E-state index is 12.1. The first-order valence-corrected chi connectivity index (χ1v) is 7.82. The summed E-state index contributed by atoms with van der Waals surface area (Å²) in [7, 11) is 1.95. The van der Waals surface area contributed by atoms with Gasteiger partial charge >= 0.3 is 0 Å². The van der Waals surface area contributed by atoms with Crippen molar-refractivity contribution in [1.29, 1.82) is 0 Å². The number of benzene rings is 1. The molecular weight excluding hydrogens is 294 g/mol. The van der Waals surface area contributed by atoms with Crippen LogP contribution < -0.4 is 5.32 Å². The van der Waals surface area contributed by atoms with Gasteiger partial charge in [-0.15, -0.1) is 0 Å². The van der Waals surface area contributed by atoms with E-state index in [-0.39, 0.29) is 5.91 Å². The zero-order valence-corrected chi connectivity index (χ0v) is 13.6. The Hall–Kier alpha value is -2.27. The van der Waals surface area contributed by atoms with Crippen LogP contribution in [0.4, 0.5) is 5.69 Å². The van der Waals surface area contributed by atoms with Crippen LogP contribution in [0, 0.1) is 13.8 Å². The molecule has 1 aromatic carbocycles. The quantitative estimate of drug-likeness (QED) is 0.862. The molecule has 1 aromatic heterocycles. The summed E-state index contributed by atoms with van der Waals surface area (Å²) in [5, 5.41) is 3.44. The monoisotopic (exact) mass is 311 g/mol. The lowest BCUT2D eigenvalue weighted by Gasteiger charge is -2.00. The van der Waals surface area contributed by atoms with Crippen molar-refractivity contribution in [2.24, 2.45) is 12.0 Å². The van der Waals surface area contributed by atoms with Crippen LogP contribution in [-0.4, -0.2) is 15.6 Å². The predicted molar refractivity (Wildman–Crippen MR) is 92.1 cm³/mol. The number of hydrogen-bond acceptors (Lipinski definition) is 3. The molecule has 1 amide bonds. The minimum atomic E-state index is -0.102. The van der Waals surface area contributed by atoms with Gasteiger partial charge in [0.1, 0.15) is 0 Å². The van der Waals surface area contributed by atoms with Gasteiger partial charge in [0.05, 0.1) is 10.6 Å². The van der Waals surface area contributed by atoms with Crippen molar-refractivity contribution in [2.75, 3.05) is 0 Å². The molecule has 1 fully saturated rings. The highest BCUT2D eigenvalue weighted by molar-refractivity contribution is 8.18. The Labute approximate surface area is 133 Å². The van der Waals surface area contributed by atoms with Crippen molar-refractivity contribution in [3.8, 4) is 0 Å². The molecule has 2 heterocycles. The summed E-state index contributed by atoms with van der Waals surface area (Å²) >= 11 is 1.37. The van der Waals surface area contributed by atoms with E-state index in [9.17, 15) is 4.79 Å². The highest BCUT2D eigenvalue weighted by atomic mass is 32.2. The van der Waals surface area contributed by atoms with E-state index in [2.05, 4.69) is 16.4 Å². The molecule has 0 atom stereocenters. The van der Waals surface area contributed by atoms with E-state index in [1.165, 1.54) is 11.8 Å². The molecule has 1 aliphatic rings. The number of nitrogens with zero attached hydrogens (tertiary/aromatic N) is 2. The summed E-state index contributed by atoms with van der Waals surface area (Å²) in [6.45, 7) is 4.08. The second-order valence-electron chi connectivity index (χ2n) is 5.37. The Morgan fingerprint density at radius 3 is 2.59 bits per heavy atom. The number of hydrogen-bond donors (Lipinski definition) is 1. The normalized spacial score (nSPS) is 18.2. The maximum atomic E-state index is 12.1. The Kier molecular flexibility index (Phi) is 3.90. The number of rotatable bonds is 2. The lowest BCUT2D eigenvalue weighted by Crippen LogP contribution is -2.19. The molecule has 0 unspecified atom stereocenters. The van der Waals surface area contributed by atoms with Crippen molar-refractivity contribution in [3.05, 3.63) is 58.3 Å². The van der Waals surface area contributed by atoms with Gasteiger partial charge in [-0.3, -0.25) is 4.79 Å². The third kappa shape index (κ3) is 3.14. The molecule has 1 saturated heterocycles. The van der Waals surface area contributed by atoms with Gasteiger partial charge in [0.25, 0.3) is 5.91 Å². The van der Waals surface area contributed by atoms with Crippen LogP contribution in [0.3, 0.4) is 0 Å². The van der Waals surface area contributed by atoms with Gasteiger partial charge in [0.2, 0.25) is 0 Å². The van der Waals surface area contributed by atoms with Crippen molar-refractivity contribution in [1.82, 2.24) is 9.88 Å². The number of amides is 1. The van der Waals surface area contributed by atoms with Gasteiger partial charge in [-0.1, -0.05) is 6.07 Å². The molecule has 22 heavy (non-hydrogen) atoms. The average molecular weight is 311 g/mol. The van der Waals surface area contributed by atoms with Crippen molar-refractivity contribution >= 4 is 34.6 Å². The van der Waals surface area contributed by atoms with Crippen LogP contribution >= 0.6 is 11.8 Å². The molecule has 4 nitrogen and oxygen atoms in total. The predicted octanol–water partition coefficient (Wildman–Crippen LogP) is 3.53. The number of aliphatic imine (C=N–C) groups is 1. The molecule has 0 aliphatic carbocycles. The number of aromatic nitrogens is 1. The summed E-state index contributed by atoms with van der Waals surface area (Å²) in [5.41, 5.74) is 4.17. The van der Waals surface area contributed by atoms with Gasteiger partial charge in [0, 0.05) is 18.9 Å². The van der Waals surface area contributed by atoms with Crippen LogP contribution in [0.5, 0.6) is 0 Å². The first-order chi connectivity index (χ1) is 10.5. The Morgan fingerprint density at radius 2 is 1.95 bits per heavy atom. The first kappa shape index (κ1) is 14.7. The zero-order chi connectivity index (χ0) is 15.7. The van der Waals surface area contributed by atoms with Crippen LogP contribution in [0.1, 0.15) is 16.8 Å². The number of amidine groups is 1. The fourth-order valence-electron chi connectivity index (χ4n) is 2.37. The molecule has 1 aliphatic heterocycles. The number of carbonyl (C=O) groups is 1. The standard InChI is InChI=1S/C17H17N3OS/c1-11-7-12(2)9-13(8-11)18-17-19-16(21)15(22-17)10-14-5-4-6-20(14)3/h4-10H,1-3H3,(H,18,19,21)/b15-10-. The van der Waals surface area contributed by atoms with Crippen molar-refractivity contribution < 1.29 is 4.79 Å². The van der Waals surface area contributed by atoms with Crippen LogP contribution in [0.15, 0.2) is 46.4 Å². The van der Waals surface area contributed by atoms with Crippen molar-refractivity contribution in [2.45, 2.75) is 13.8 Å². The van der Waals surface area contributed by atoms with Crippen LogP contribution in [-0.2, 0) is 11.8 Å². The fraction of sp³-hybridized carbons (Fsp3) is 0.176. The highest BCUT2D eigenvalue weighted by Crippen LogP contribution is 2.28. The summed E-state index contributed by atoms with van der Waals surface area (Å²) < 4.78 is 1.97. The Morgan fingerprint density at radius 1 is 1.23 bits per heavy atom. The van der Waals surface area contributed by atoms with Crippen LogP contribution in [0.2, 0.25) is 0 Å². The zero-order valence-electron chi connectivity index (χ0n) is 12.8. The molecule has 5 heteroatoms. The van der Waals surface area contributed by atoms with Gasteiger partial charge < -0.3 is 9.88 Å². The summed E-state index contributed by atoms with van der Waals surface area (Å²) in [4.78, 5) is 17.2. The fourth-order valence-corrected chi connectivity index (χ4v) is 3.20. The minimum absolute atomic E-state index is 0.102. The molecule has 0 spiro atoms. The largest absolute Gasteiger partial charge is 0.351 e. The Bertz CT molecular complexity index is 782. The smallest absolute Gasteiger partial charge is 0.264 e. The molecule has 112 valence electrons. The third-order valence-corrected chi connectivity index (χ3v) is 4.26. The molecule has 2 aromatic rings. The number of thioether (sulfide) groups is 1. The van der Waals surface area contributed by atoms with E-state index in [4.69, 9.17) is 0 Å². The van der Waals surface area contributed by atoms with Gasteiger partial charge in [-0.2, -0.15) is 0 Å². The molecule has 0 saturated carbocycles. The summed E-state index contributed by atoms with van der Waals surface area (Å²) in [5.74, 6) is -0.102. The molecule has 0 radical (unpaired) electrons. The second-order valence-corrected chi connectivity index (χ2v) is 6.40. The van der Waals surface area contributed by atoms with Gasteiger partial charge in [-0.25, -0.2) is 4.99 Å². The number of aryl methyl sites for hydroxylation is 3. The van der Waals surface area contributed by atoms with E-state index in [1.54, 1.807) is 0 Å². The SMILES string of the molecule is Cc1cc(C)cc(N=C2NC(=O)/C(=C/c3cccn3C)S2)c1. The van der Waals surface area contributed by atoms with Crippen molar-refractivity contribution in [3.63, 3.8) is 0 Å². The number of carbonyl (C=O) groups excluding carboxylic acids is 1. The van der Waals surface area contributed by atoms with Gasteiger partial charge in [-0.05, 0) is 67.1 Å². The van der Waals surface area contributed by atoms with E-state index in [1.807, 2.05) is 62.0 Å². The highest BCUT2D eigenvalue weighted by Gasteiger charge is 2.24. The first-order valence-electron chi connectivity index (χ1n) is 7.00.